The summed E-state index contributed by atoms with van der Waals surface area (Å²) in [5, 5.41) is 35.2. The molecule has 1 aromatic rings. The highest BCUT2D eigenvalue weighted by Crippen LogP contribution is 2.20. The Balaban J connectivity index is 0.000000754. The SMILES string of the molecule is CCCCCCl.O=C(O)c1ccc(C(=O)O)c(C(=O)O)c1C(=O)O. The second kappa shape index (κ2) is 10.2. The molecule has 0 aliphatic rings. The van der Waals surface area contributed by atoms with E-state index in [0.717, 1.165) is 18.0 Å². The van der Waals surface area contributed by atoms with Crippen LogP contribution < -0.4 is 0 Å². The number of hydrogen-bond acceptors (Lipinski definition) is 4. The Hall–Kier alpha value is -2.61. The summed E-state index contributed by atoms with van der Waals surface area (Å²) in [6.07, 6.45) is 3.73. The number of benzene rings is 1. The molecule has 0 aromatic heterocycles. The van der Waals surface area contributed by atoms with E-state index in [1.54, 1.807) is 0 Å². The normalized spacial score (nSPS) is 9.58. The molecule has 24 heavy (non-hydrogen) atoms. The topological polar surface area (TPSA) is 149 Å². The summed E-state index contributed by atoms with van der Waals surface area (Å²) in [6.45, 7) is 2.17. The predicted octanol–water partition coefficient (Wildman–Crippen LogP) is 2.89. The van der Waals surface area contributed by atoms with Crippen molar-refractivity contribution in [3.8, 4) is 0 Å². The Morgan fingerprint density at radius 2 is 1.17 bits per heavy atom. The predicted molar refractivity (Wildman–Crippen MR) is 84.5 cm³/mol. The number of unbranched alkanes of at least 4 members (excludes halogenated alkanes) is 2. The molecular weight excluding hydrogens is 344 g/mol. The maximum Gasteiger partial charge on any atom is 0.337 e. The molecule has 0 saturated heterocycles. The van der Waals surface area contributed by atoms with Gasteiger partial charge in [-0.3, -0.25) is 0 Å². The van der Waals surface area contributed by atoms with Crippen molar-refractivity contribution in [1.82, 2.24) is 0 Å². The fraction of sp³-hybridized carbons (Fsp3) is 0.333. The largest absolute Gasteiger partial charge is 0.478 e. The molecule has 4 N–H and O–H groups in total. The van der Waals surface area contributed by atoms with Gasteiger partial charge in [0, 0.05) is 5.88 Å². The van der Waals surface area contributed by atoms with Crippen LogP contribution in [-0.2, 0) is 0 Å². The second-order valence-corrected chi connectivity index (χ2v) is 4.91. The van der Waals surface area contributed by atoms with Gasteiger partial charge in [0.1, 0.15) is 0 Å². The van der Waals surface area contributed by atoms with E-state index in [1.165, 1.54) is 19.3 Å². The quantitative estimate of drug-likeness (QED) is 0.428. The number of rotatable bonds is 7. The van der Waals surface area contributed by atoms with E-state index in [0.29, 0.717) is 0 Å². The molecule has 1 rings (SSSR count). The maximum absolute atomic E-state index is 10.9. The van der Waals surface area contributed by atoms with Gasteiger partial charge in [0.15, 0.2) is 0 Å². The van der Waals surface area contributed by atoms with Crippen LogP contribution in [0.4, 0.5) is 0 Å². The van der Waals surface area contributed by atoms with Crippen molar-refractivity contribution in [2.75, 3.05) is 5.88 Å². The minimum atomic E-state index is -1.83. The van der Waals surface area contributed by atoms with Crippen LogP contribution in [0.3, 0.4) is 0 Å². The van der Waals surface area contributed by atoms with Gasteiger partial charge in [0.2, 0.25) is 0 Å². The number of halogens is 1. The first kappa shape index (κ1) is 21.4. The molecule has 0 spiro atoms. The van der Waals surface area contributed by atoms with Gasteiger partial charge in [0.25, 0.3) is 0 Å². The molecule has 0 radical (unpaired) electrons. The molecule has 0 atom stereocenters. The second-order valence-electron chi connectivity index (χ2n) is 4.53. The van der Waals surface area contributed by atoms with E-state index in [2.05, 4.69) is 6.92 Å². The number of carboxylic acid groups (broad SMARTS) is 4. The van der Waals surface area contributed by atoms with Crippen molar-refractivity contribution in [3.05, 3.63) is 34.4 Å². The fourth-order valence-electron chi connectivity index (χ4n) is 1.75. The molecule has 0 heterocycles. The summed E-state index contributed by atoms with van der Waals surface area (Å²) >= 11 is 5.38. The Kier molecular flexibility index (Phi) is 9.11. The third-order valence-corrected chi connectivity index (χ3v) is 3.10. The lowest BCUT2D eigenvalue weighted by molar-refractivity contribution is 0.0619. The van der Waals surface area contributed by atoms with Crippen LogP contribution in [0, 0.1) is 0 Å². The van der Waals surface area contributed by atoms with E-state index in [-0.39, 0.29) is 0 Å². The van der Waals surface area contributed by atoms with E-state index >= 15 is 0 Å². The minimum Gasteiger partial charge on any atom is -0.478 e. The zero-order valence-corrected chi connectivity index (χ0v) is 13.5. The third kappa shape index (κ3) is 5.88. The van der Waals surface area contributed by atoms with Crippen molar-refractivity contribution >= 4 is 35.5 Å². The van der Waals surface area contributed by atoms with Gasteiger partial charge in [-0.05, 0) is 18.6 Å². The van der Waals surface area contributed by atoms with Crippen molar-refractivity contribution in [1.29, 1.82) is 0 Å². The van der Waals surface area contributed by atoms with E-state index < -0.39 is 46.1 Å². The van der Waals surface area contributed by atoms with Gasteiger partial charge in [-0.1, -0.05) is 19.8 Å². The van der Waals surface area contributed by atoms with Crippen LogP contribution in [0.1, 0.15) is 67.6 Å². The Morgan fingerprint density at radius 1 is 0.792 bits per heavy atom. The van der Waals surface area contributed by atoms with Gasteiger partial charge >= 0.3 is 23.9 Å². The minimum absolute atomic E-state index is 0.738. The van der Waals surface area contributed by atoms with Gasteiger partial charge in [0.05, 0.1) is 22.3 Å². The van der Waals surface area contributed by atoms with Crippen LogP contribution in [0.5, 0.6) is 0 Å². The average Bonchev–Trinajstić information content (AvgIpc) is 2.51. The molecule has 0 aliphatic heterocycles. The number of hydrogen-bond donors (Lipinski definition) is 4. The molecule has 0 unspecified atom stereocenters. The molecule has 0 bridgehead atoms. The molecule has 9 heteroatoms. The number of aromatic carboxylic acids is 4. The number of carboxylic acids is 4. The average molecular weight is 361 g/mol. The lowest BCUT2D eigenvalue weighted by atomic mass is 9.95. The Morgan fingerprint density at radius 3 is 1.33 bits per heavy atom. The number of alkyl halides is 1. The van der Waals surface area contributed by atoms with Crippen LogP contribution in [0.2, 0.25) is 0 Å². The van der Waals surface area contributed by atoms with Gasteiger partial charge < -0.3 is 20.4 Å². The maximum atomic E-state index is 10.9. The summed E-state index contributed by atoms with van der Waals surface area (Å²) in [6, 6.07) is 1.48. The molecule has 0 amide bonds. The molecule has 8 nitrogen and oxygen atoms in total. The summed E-state index contributed by atoms with van der Waals surface area (Å²) in [4.78, 5) is 43.4. The van der Waals surface area contributed by atoms with Crippen molar-refractivity contribution in [2.45, 2.75) is 26.2 Å². The molecule has 1 aromatic carbocycles. The molecular formula is C15H17ClO8. The van der Waals surface area contributed by atoms with Gasteiger partial charge in [-0.25, -0.2) is 19.2 Å². The van der Waals surface area contributed by atoms with Gasteiger partial charge in [-0.15, -0.1) is 11.6 Å². The van der Waals surface area contributed by atoms with E-state index in [4.69, 9.17) is 32.0 Å². The first-order chi connectivity index (χ1) is 11.2. The first-order valence-corrected chi connectivity index (χ1v) is 7.38. The van der Waals surface area contributed by atoms with Gasteiger partial charge in [-0.2, -0.15) is 0 Å². The highest BCUT2D eigenvalue weighted by Gasteiger charge is 2.29. The lowest BCUT2D eigenvalue weighted by Crippen LogP contribution is -2.19. The van der Waals surface area contributed by atoms with Crippen LogP contribution in [-0.4, -0.2) is 50.2 Å². The van der Waals surface area contributed by atoms with E-state index in [9.17, 15) is 19.2 Å². The summed E-state index contributed by atoms with van der Waals surface area (Å²) < 4.78 is 0. The Bertz CT molecular complexity index is 584. The first-order valence-electron chi connectivity index (χ1n) is 6.85. The standard InChI is InChI=1S/C10H6O8.C5H11Cl/c11-7(12)3-1-2-4(8(13)14)6(10(17)18)5(3)9(15)16;1-2-3-4-5-6/h1-2H,(H,11,12)(H,13,14)(H,15,16)(H,17,18);2-5H2,1H3. The highest BCUT2D eigenvalue weighted by molar-refractivity contribution is 6.17. The fourth-order valence-corrected chi connectivity index (χ4v) is 1.94. The van der Waals surface area contributed by atoms with Crippen LogP contribution in [0.25, 0.3) is 0 Å². The Labute approximate surface area is 142 Å². The van der Waals surface area contributed by atoms with Crippen molar-refractivity contribution < 1.29 is 39.6 Å². The molecule has 132 valence electrons. The van der Waals surface area contributed by atoms with Crippen LogP contribution in [0.15, 0.2) is 12.1 Å². The third-order valence-electron chi connectivity index (χ3n) is 2.83. The smallest absolute Gasteiger partial charge is 0.337 e. The summed E-state index contributed by atoms with van der Waals surface area (Å²) in [7, 11) is 0. The molecule has 0 fully saturated rings. The van der Waals surface area contributed by atoms with E-state index in [1.807, 2.05) is 0 Å². The van der Waals surface area contributed by atoms with Crippen LogP contribution >= 0.6 is 11.6 Å². The summed E-state index contributed by atoms with van der Waals surface area (Å²) in [5.74, 6) is -6.15. The zero-order chi connectivity index (χ0) is 18.9. The van der Waals surface area contributed by atoms with Crippen molar-refractivity contribution in [2.24, 2.45) is 0 Å². The lowest BCUT2D eigenvalue weighted by Gasteiger charge is -2.08. The number of carbonyl (C=O) groups is 4. The monoisotopic (exact) mass is 360 g/mol. The van der Waals surface area contributed by atoms with Crippen molar-refractivity contribution in [3.63, 3.8) is 0 Å². The molecule has 0 saturated carbocycles. The zero-order valence-electron chi connectivity index (χ0n) is 12.8. The highest BCUT2D eigenvalue weighted by atomic mass is 35.5. The summed E-state index contributed by atoms with van der Waals surface area (Å²) in [5.41, 5.74) is -3.69. The molecule has 0 aliphatic carbocycles.